The molecule has 1 heterocycles. The third-order valence-electron chi connectivity index (χ3n) is 5.47. The Kier molecular flexibility index (Phi) is 12.9. The minimum Gasteiger partial charge on any atom is -0.390 e. The second-order valence-electron chi connectivity index (χ2n) is 8.48. The zero-order valence-corrected chi connectivity index (χ0v) is 21.7. The zero-order chi connectivity index (χ0) is 21.2. The quantitative estimate of drug-likeness (QED) is 0.246. The molecule has 0 fully saturated rings. The molecule has 172 valence electrons. The number of aliphatic hydroxyl groups is 1. The van der Waals surface area contributed by atoms with Crippen molar-refractivity contribution in [3.05, 3.63) is 35.4 Å². The van der Waals surface area contributed by atoms with Crippen molar-refractivity contribution >= 4 is 29.9 Å². The zero-order valence-electron chi connectivity index (χ0n) is 19.4. The highest BCUT2D eigenvalue weighted by Gasteiger charge is 2.18. The molecule has 0 aromatic heterocycles. The van der Waals surface area contributed by atoms with Crippen LogP contribution < -0.4 is 10.6 Å². The summed E-state index contributed by atoms with van der Waals surface area (Å²) in [5.41, 5.74) is 2.82. The van der Waals surface area contributed by atoms with Crippen LogP contribution in [0.2, 0.25) is 0 Å². The molecule has 0 saturated carbocycles. The fourth-order valence-corrected chi connectivity index (χ4v) is 4.02. The van der Waals surface area contributed by atoms with Gasteiger partial charge < -0.3 is 15.7 Å². The van der Waals surface area contributed by atoms with E-state index in [0.717, 1.165) is 45.1 Å². The summed E-state index contributed by atoms with van der Waals surface area (Å²) < 4.78 is 0. The van der Waals surface area contributed by atoms with E-state index in [1.807, 2.05) is 0 Å². The van der Waals surface area contributed by atoms with E-state index in [9.17, 15) is 5.11 Å². The molecule has 2 rings (SSSR count). The van der Waals surface area contributed by atoms with E-state index < -0.39 is 6.10 Å². The number of halogens is 1. The lowest BCUT2D eigenvalue weighted by Crippen LogP contribution is -2.45. The van der Waals surface area contributed by atoms with Gasteiger partial charge in [0, 0.05) is 51.4 Å². The number of hydrogen-bond donors (Lipinski definition) is 3. The van der Waals surface area contributed by atoms with Gasteiger partial charge in [-0.2, -0.15) is 0 Å². The van der Waals surface area contributed by atoms with Crippen LogP contribution in [0.5, 0.6) is 0 Å². The summed E-state index contributed by atoms with van der Waals surface area (Å²) in [6.07, 6.45) is 0.594. The summed E-state index contributed by atoms with van der Waals surface area (Å²) in [6, 6.07) is 9.64. The molecule has 0 bridgehead atoms. The Labute approximate surface area is 200 Å². The molecule has 0 saturated heterocycles. The lowest BCUT2D eigenvalue weighted by Gasteiger charge is -2.31. The highest BCUT2D eigenvalue weighted by molar-refractivity contribution is 14.0. The number of fused-ring (bicyclic) bond motifs is 1. The molecule has 1 atom stereocenters. The van der Waals surface area contributed by atoms with Crippen molar-refractivity contribution in [2.45, 2.75) is 65.8 Å². The molecule has 3 N–H and O–H groups in total. The first-order valence-electron chi connectivity index (χ1n) is 11.2. The topological polar surface area (TPSA) is 63.1 Å². The number of guanidine groups is 1. The van der Waals surface area contributed by atoms with Gasteiger partial charge in [0.25, 0.3) is 0 Å². The summed E-state index contributed by atoms with van der Waals surface area (Å²) in [4.78, 5) is 9.39. The van der Waals surface area contributed by atoms with Crippen molar-refractivity contribution in [3.8, 4) is 0 Å². The molecule has 1 aliphatic rings. The number of aliphatic hydroxyl groups excluding tert-OH is 1. The van der Waals surface area contributed by atoms with Crippen molar-refractivity contribution in [2.75, 3.05) is 39.3 Å². The summed E-state index contributed by atoms with van der Waals surface area (Å²) in [6.45, 7) is 16.6. The number of rotatable bonds is 10. The van der Waals surface area contributed by atoms with E-state index in [1.165, 1.54) is 11.1 Å². The van der Waals surface area contributed by atoms with Crippen LogP contribution in [0.15, 0.2) is 29.3 Å². The van der Waals surface area contributed by atoms with Crippen molar-refractivity contribution in [1.29, 1.82) is 0 Å². The van der Waals surface area contributed by atoms with E-state index in [2.05, 4.69) is 84.3 Å². The highest BCUT2D eigenvalue weighted by Crippen LogP contribution is 2.18. The molecule has 0 amide bonds. The van der Waals surface area contributed by atoms with Gasteiger partial charge in [0.15, 0.2) is 5.96 Å². The van der Waals surface area contributed by atoms with Crippen LogP contribution in [0.1, 0.15) is 45.7 Å². The molecular weight excluding hydrogens is 489 g/mol. The maximum atomic E-state index is 10.5. The van der Waals surface area contributed by atoms with Crippen LogP contribution in [0.3, 0.4) is 0 Å². The minimum atomic E-state index is -0.460. The Morgan fingerprint density at radius 3 is 2.43 bits per heavy atom. The molecule has 1 unspecified atom stereocenters. The van der Waals surface area contributed by atoms with Crippen molar-refractivity contribution in [2.24, 2.45) is 4.99 Å². The average Bonchev–Trinajstić information content (AvgIpc) is 2.68. The van der Waals surface area contributed by atoms with Crippen molar-refractivity contribution < 1.29 is 5.11 Å². The highest BCUT2D eigenvalue weighted by atomic mass is 127. The Balaban J connectivity index is 0.00000450. The number of benzene rings is 1. The van der Waals surface area contributed by atoms with Gasteiger partial charge in [-0.25, -0.2) is 0 Å². The fraction of sp³-hybridized carbons (Fsp3) is 0.696. The van der Waals surface area contributed by atoms with E-state index >= 15 is 0 Å². The van der Waals surface area contributed by atoms with Gasteiger partial charge in [0.05, 0.1) is 12.6 Å². The molecule has 0 spiro atoms. The summed E-state index contributed by atoms with van der Waals surface area (Å²) in [7, 11) is 0. The van der Waals surface area contributed by atoms with Gasteiger partial charge in [0.1, 0.15) is 0 Å². The number of nitrogens with one attached hydrogen (secondary N) is 2. The van der Waals surface area contributed by atoms with E-state index in [-0.39, 0.29) is 24.0 Å². The smallest absolute Gasteiger partial charge is 0.191 e. The SMILES string of the molecule is CCNC(=NCC(O)CN1CCc2ccccc2C1)NCCN(C(C)C)C(C)C.I. The number of hydrogen-bond acceptors (Lipinski definition) is 4. The molecule has 30 heavy (non-hydrogen) atoms. The average molecular weight is 532 g/mol. The van der Waals surface area contributed by atoms with Crippen molar-refractivity contribution in [3.63, 3.8) is 0 Å². The normalized spacial score (nSPS) is 15.8. The third kappa shape index (κ3) is 9.08. The first-order valence-corrected chi connectivity index (χ1v) is 11.2. The Morgan fingerprint density at radius 1 is 1.13 bits per heavy atom. The third-order valence-corrected chi connectivity index (χ3v) is 5.47. The molecule has 6 nitrogen and oxygen atoms in total. The monoisotopic (exact) mass is 531 g/mol. The first-order chi connectivity index (χ1) is 13.9. The van der Waals surface area contributed by atoms with Gasteiger partial charge in [0.2, 0.25) is 0 Å². The van der Waals surface area contributed by atoms with E-state index in [1.54, 1.807) is 0 Å². The molecule has 1 aromatic carbocycles. The minimum absolute atomic E-state index is 0. The Bertz CT molecular complexity index is 630. The molecule has 0 aliphatic carbocycles. The molecule has 1 aliphatic heterocycles. The van der Waals surface area contributed by atoms with Crippen LogP contribution in [-0.4, -0.2) is 78.3 Å². The maximum absolute atomic E-state index is 10.5. The van der Waals surface area contributed by atoms with Crippen LogP contribution in [0.4, 0.5) is 0 Å². The largest absolute Gasteiger partial charge is 0.390 e. The summed E-state index contributed by atoms with van der Waals surface area (Å²) in [5.74, 6) is 0.781. The second kappa shape index (κ2) is 14.2. The standard InChI is InChI=1S/C23H41N5O.HI/c1-6-24-23(25-12-14-28(18(2)3)19(4)5)26-15-22(29)17-27-13-11-20-9-7-8-10-21(20)16-27;/h7-10,18-19,22,29H,6,11-17H2,1-5H3,(H2,24,25,26);1H. The first kappa shape index (κ1) is 27.1. The number of β-amino-alcohol motifs (C(OH)–C–C–N with tert-alkyl or cyclic N) is 1. The van der Waals surface area contributed by atoms with Crippen LogP contribution in [-0.2, 0) is 13.0 Å². The van der Waals surface area contributed by atoms with Crippen molar-refractivity contribution in [1.82, 2.24) is 20.4 Å². The van der Waals surface area contributed by atoms with Gasteiger partial charge in [-0.15, -0.1) is 24.0 Å². The molecule has 1 aromatic rings. The van der Waals surface area contributed by atoms with Gasteiger partial charge in [-0.1, -0.05) is 24.3 Å². The van der Waals surface area contributed by atoms with E-state index in [0.29, 0.717) is 25.2 Å². The second-order valence-corrected chi connectivity index (χ2v) is 8.48. The summed E-state index contributed by atoms with van der Waals surface area (Å²) in [5, 5.41) is 17.2. The predicted molar refractivity (Wildman–Crippen MR) is 138 cm³/mol. The van der Waals surface area contributed by atoms with Gasteiger partial charge >= 0.3 is 0 Å². The maximum Gasteiger partial charge on any atom is 0.191 e. The predicted octanol–water partition coefficient (Wildman–Crippen LogP) is 2.70. The van der Waals surface area contributed by atoms with Gasteiger partial charge in [-0.05, 0) is 52.2 Å². The van der Waals surface area contributed by atoms with Gasteiger partial charge in [-0.3, -0.25) is 14.8 Å². The molecule has 0 radical (unpaired) electrons. The Hall–Kier alpha value is -0.900. The molecule has 7 heteroatoms. The number of aliphatic imine (C=N–C) groups is 1. The van der Waals surface area contributed by atoms with E-state index in [4.69, 9.17) is 0 Å². The van der Waals surface area contributed by atoms with Crippen LogP contribution >= 0.6 is 24.0 Å². The summed E-state index contributed by atoms with van der Waals surface area (Å²) >= 11 is 0. The Morgan fingerprint density at radius 2 is 1.80 bits per heavy atom. The number of nitrogens with zero attached hydrogens (tertiary/aromatic N) is 3. The van der Waals surface area contributed by atoms with Crippen LogP contribution in [0.25, 0.3) is 0 Å². The molecular formula is C23H42IN5O. The lowest BCUT2D eigenvalue weighted by molar-refractivity contribution is 0.111. The fourth-order valence-electron chi connectivity index (χ4n) is 4.02. The lowest BCUT2D eigenvalue weighted by atomic mass is 10.00. The van der Waals surface area contributed by atoms with Crippen LogP contribution in [0, 0.1) is 0 Å².